The van der Waals surface area contributed by atoms with Crippen molar-refractivity contribution < 1.29 is 0 Å². The molecular weight excluding hydrogens is 729 g/mol. The van der Waals surface area contributed by atoms with Gasteiger partial charge in [-0.05, 0) is 167 Å². The van der Waals surface area contributed by atoms with Crippen LogP contribution in [-0.2, 0) is 12.8 Å². The Morgan fingerprint density at radius 1 is 0.517 bits per heavy atom. The number of hydrogen-bond acceptors (Lipinski definition) is 3. The third-order valence-corrected chi connectivity index (χ3v) is 13.7. The van der Waals surface area contributed by atoms with Gasteiger partial charge in [0.25, 0.3) is 0 Å². The molecule has 10 rings (SSSR count). The molecule has 294 valence electrons. The average molecular weight is 779 g/mol. The number of nitriles is 1. The predicted molar refractivity (Wildman–Crippen MR) is 252 cm³/mol. The molecule has 2 saturated carbocycles. The second-order valence-corrected chi connectivity index (χ2v) is 17.0. The first-order chi connectivity index (χ1) is 29.6. The Labute approximate surface area is 354 Å². The number of rotatable bonds is 10. The molecule has 2 aliphatic rings. The van der Waals surface area contributed by atoms with Crippen molar-refractivity contribution in [3.8, 4) is 6.07 Å². The molecule has 0 amide bonds. The minimum Gasteiger partial charge on any atom is -0.310 e. The van der Waals surface area contributed by atoms with Crippen molar-refractivity contribution in [2.75, 3.05) is 9.80 Å². The molecule has 2 fully saturated rings. The molecule has 8 aromatic rings. The maximum atomic E-state index is 9.79. The first kappa shape index (κ1) is 37.6. The van der Waals surface area contributed by atoms with E-state index in [0.717, 1.165) is 35.6 Å². The molecule has 8 aromatic carbocycles. The van der Waals surface area contributed by atoms with Crippen LogP contribution in [0.3, 0.4) is 0 Å². The van der Waals surface area contributed by atoms with E-state index in [-0.39, 0.29) is 0 Å². The Morgan fingerprint density at radius 2 is 0.883 bits per heavy atom. The lowest BCUT2D eigenvalue weighted by Crippen LogP contribution is -2.13. The highest BCUT2D eigenvalue weighted by atomic mass is 15.1. The standard InChI is InChI=1S/C56H50N4/c1-4-37-14-22-43(23-15-37)59(45-26-18-39(36-57)19-27-45)53-34-51(40-10-6-7-11-40)47-31-33-50-54(35-52(41-12-8-9-13-41)48-30-32-49(53)55(47)56(48)50)60(44-24-16-38(5-2)17-25-44)46-28-20-42(58-3)21-29-46/h14-35,40-41H,4-13H2,1-2H3. The molecule has 4 heteroatoms. The topological polar surface area (TPSA) is 34.6 Å². The van der Waals surface area contributed by atoms with E-state index < -0.39 is 0 Å². The molecule has 60 heavy (non-hydrogen) atoms. The summed E-state index contributed by atoms with van der Waals surface area (Å²) in [5.74, 6) is 0.977. The molecule has 0 saturated heterocycles. The van der Waals surface area contributed by atoms with Gasteiger partial charge in [-0.15, -0.1) is 0 Å². The molecule has 0 heterocycles. The van der Waals surface area contributed by atoms with E-state index >= 15 is 0 Å². The Hall–Kier alpha value is -6.62. The van der Waals surface area contributed by atoms with Crippen LogP contribution in [0.5, 0.6) is 0 Å². The van der Waals surface area contributed by atoms with Gasteiger partial charge in [0.2, 0.25) is 0 Å². The lowest BCUT2D eigenvalue weighted by atomic mass is 9.82. The number of benzene rings is 8. The summed E-state index contributed by atoms with van der Waals surface area (Å²) >= 11 is 0. The van der Waals surface area contributed by atoms with Crippen LogP contribution in [0.15, 0.2) is 133 Å². The monoisotopic (exact) mass is 778 g/mol. The van der Waals surface area contributed by atoms with Crippen LogP contribution in [0.1, 0.15) is 105 Å². The molecule has 0 N–H and O–H groups in total. The maximum Gasteiger partial charge on any atom is 0.187 e. The van der Waals surface area contributed by atoms with Gasteiger partial charge < -0.3 is 9.80 Å². The molecule has 0 atom stereocenters. The summed E-state index contributed by atoms with van der Waals surface area (Å²) in [6, 6.07) is 51.4. The lowest BCUT2D eigenvalue weighted by molar-refractivity contribution is 0.729. The zero-order valence-corrected chi connectivity index (χ0v) is 34.7. The second-order valence-electron chi connectivity index (χ2n) is 17.0. The molecule has 4 nitrogen and oxygen atoms in total. The van der Waals surface area contributed by atoms with Gasteiger partial charge in [0.05, 0.1) is 29.6 Å². The summed E-state index contributed by atoms with van der Waals surface area (Å²) in [5.41, 5.74) is 13.5. The van der Waals surface area contributed by atoms with E-state index in [1.54, 1.807) is 0 Å². The van der Waals surface area contributed by atoms with Gasteiger partial charge in [-0.3, -0.25) is 0 Å². The van der Waals surface area contributed by atoms with Gasteiger partial charge in [-0.1, -0.05) is 100 Å². The van der Waals surface area contributed by atoms with Crippen LogP contribution in [-0.4, -0.2) is 0 Å². The van der Waals surface area contributed by atoms with Crippen molar-refractivity contribution in [1.82, 2.24) is 0 Å². The zero-order chi connectivity index (χ0) is 40.7. The molecule has 0 aromatic heterocycles. The maximum absolute atomic E-state index is 9.79. The Kier molecular flexibility index (Phi) is 9.95. The predicted octanol–water partition coefficient (Wildman–Crippen LogP) is 16.4. The van der Waals surface area contributed by atoms with Crippen LogP contribution in [0.25, 0.3) is 37.2 Å². The normalized spacial score (nSPS) is 14.6. The molecule has 0 unspecified atom stereocenters. The SMILES string of the molecule is [C-]#[N+]c1ccc(N(c2ccc(CC)cc2)c2cc(C3CCCC3)c3ccc4c(N(c5ccc(C#N)cc5)c5ccc(CC)cc5)cc(C5CCCC5)c5ccc2c3c54)cc1. The van der Waals surface area contributed by atoms with Crippen molar-refractivity contribution in [3.63, 3.8) is 0 Å². The lowest BCUT2D eigenvalue weighted by Gasteiger charge is -2.32. The van der Waals surface area contributed by atoms with Gasteiger partial charge in [0, 0.05) is 33.5 Å². The van der Waals surface area contributed by atoms with Crippen molar-refractivity contribution in [2.24, 2.45) is 0 Å². The van der Waals surface area contributed by atoms with Crippen LogP contribution < -0.4 is 9.80 Å². The van der Waals surface area contributed by atoms with Crippen molar-refractivity contribution in [1.29, 1.82) is 5.26 Å². The van der Waals surface area contributed by atoms with Crippen molar-refractivity contribution in [2.45, 2.75) is 89.9 Å². The quantitative estimate of drug-likeness (QED) is 0.102. The van der Waals surface area contributed by atoms with Crippen LogP contribution in [0, 0.1) is 17.9 Å². The fourth-order valence-corrected chi connectivity index (χ4v) is 10.5. The fraction of sp³-hybridized carbons (Fsp3) is 0.250. The van der Waals surface area contributed by atoms with E-state index in [9.17, 15) is 5.26 Å². The highest BCUT2D eigenvalue weighted by Crippen LogP contribution is 2.53. The van der Waals surface area contributed by atoms with Crippen molar-refractivity contribution >= 4 is 72.1 Å². The Morgan fingerprint density at radius 3 is 1.25 bits per heavy atom. The number of nitrogens with zero attached hydrogens (tertiary/aromatic N) is 4. The molecule has 0 aliphatic heterocycles. The van der Waals surface area contributed by atoms with Gasteiger partial charge in [-0.2, -0.15) is 5.26 Å². The summed E-state index contributed by atoms with van der Waals surface area (Å²) in [5, 5.41) is 17.7. The minimum atomic E-state index is 0.488. The summed E-state index contributed by atoms with van der Waals surface area (Å²) in [6.45, 7) is 12.1. The molecule has 0 bridgehead atoms. The van der Waals surface area contributed by atoms with Gasteiger partial charge in [0.1, 0.15) is 0 Å². The van der Waals surface area contributed by atoms with Crippen LogP contribution in [0.4, 0.5) is 39.8 Å². The van der Waals surface area contributed by atoms with Gasteiger partial charge in [0.15, 0.2) is 5.69 Å². The highest BCUT2D eigenvalue weighted by Gasteiger charge is 2.29. The van der Waals surface area contributed by atoms with E-state index in [2.05, 4.69) is 144 Å². The van der Waals surface area contributed by atoms with Gasteiger partial charge in [-0.25, -0.2) is 4.85 Å². The average Bonchev–Trinajstić information content (AvgIpc) is 4.06. The van der Waals surface area contributed by atoms with Crippen LogP contribution in [0.2, 0.25) is 0 Å². The van der Waals surface area contributed by atoms with Crippen molar-refractivity contribution in [3.05, 3.63) is 173 Å². The number of aryl methyl sites for hydroxylation is 2. The summed E-state index contributed by atoms with van der Waals surface area (Å²) in [7, 11) is 0. The summed E-state index contributed by atoms with van der Waals surface area (Å²) in [4.78, 5) is 8.62. The molecule has 0 spiro atoms. The van der Waals surface area contributed by atoms with E-state index in [1.165, 1.54) is 117 Å². The summed E-state index contributed by atoms with van der Waals surface area (Å²) in [6.07, 6.45) is 11.8. The second kappa shape index (κ2) is 15.9. The largest absolute Gasteiger partial charge is 0.310 e. The first-order valence-electron chi connectivity index (χ1n) is 22.1. The van der Waals surface area contributed by atoms with E-state index in [1.807, 2.05) is 24.3 Å². The molecule has 2 aliphatic carbocycles. The first-order valence-corrected chi connectivity index (χ1v) is 22.1. The molecule has 0 radical (unpaired) electrons. The van der Waals surface area contributed by atoms with Gasteiger partial charge >= 0.3 is 0 Å². The van der Waals surface area contributed by atoms with E-state index in [0.29, 0.717) is 23.1 Å². The Balaban J connectivity index is 1.32. The Bertz CT molecular complexity index is 2700. The summed E-state index contributed by atoms with van der Waals surface area (Å²) < 4.78 is 0. The van der Waals surface area contributed by atoms with Crippen LogP contribution >= 0.6 is 0 Å². The highest BCUT2D eigenvalue weighted by molar-refractivity contribution is 6.29. The molecular formula is C56H50N4. The zero-order valence-electron chi connectivity index (χ0n) is 34.7. The third kappa shape index (κ3) is 6.52. The third-order valence-electron chi connectivity index (χ3n) is 13.7. The fourth-order valence-electron chi connectivity index (χ4n) is 10.5. The minimum absolute atomic E-state index is 0.488. The number of anilines is 6. The van der Waals surface area contributed by atoms with E-state index in [4.69, 9.17) is 6.57 Å². The smallest absolute Gasteiger partial charge is 0.187 e. The number of hydrogen-bond donors (Lipinski definition) is 0.